The Balaban J connectivity index is 2.90. The number of carbonyl (C=O) groups excluding carboxylic acids is 1. The Labute approximate surface area is 109 Å². The van der Waals surface area contributed by atoms with Gasteiger partial charge >= 0.3 is 6.36 Å². The predicted molar refractivity (Wildman–Crippen MR) is 60.9 cm³/mol. The first kappa shape index (κ1) is 14.3. The van der Waals surface area contributed by atoms with Gasteiger partial charge in [-0.15, -0.1) is 13.2 Å². The molecule has 0 N–H and O–H groups in total. The lowest BCUT2D eigenvalue weighted by Gasteiger charge is -2.10. The van der Waals surface area contributed by atoms with E-state index in [1.54, 1.807) is 0 Å². The van der Waals surface area contributed by atoms with Crippen molar-refractivity contribution in [1.82, 2.24) is 0 Å². The first-order chi connectivity index (χ1) is 7.83. The van der Waals surface area contributed by atoms with Gasteiger partial charge in [0, 0.05) is 17.3 Å². The van der Waals surface area contributed by atoms with Crippen LogP contribution in [0, 0.1) is 0 Å². The van der Waals surface area contributed by atoms with Crippen molar-refractivity contribution in [2.24, 2.45) is 0 Å². The zero-order chi connectivity index (χ0) is 13.1. The fourth-order valence-electron chi connectivity index (χ4n) is 1.11. The summed E-state index contributed by atoms with van der Waals surface area (Å²) in [5.74, 6) is -0.725. The van der Waals surface area contributed by atoms with E-state index in [-0.39, 0.29) is 22.8 Å². The molecule has 0 radical (unpaired) electrons. The highest BCUT2D eigenvalue weighted by Gasteiger charge is 2.32. The molecule has 0 aromatic heterocycles. The van der Waals surface area contributed by atoms with Gasteiger partial charge in [0.05, 0.1) is 5.02 Å². The fourth-order valence-corrected chi connectivity index (χ4v) is 1.69. The maximum atomic E-state index is 11.9. The predicted octanol–water partition coefficient (Wildman–Crippen LogP) is 4.21. The molecule has 1 rings (SSSR count). The Kier molecular flexibility index (Phi) is 4.82. The molecule has 94 valence electrons. The Morgan fingerprint density at radius 1 is 1.41 bits per heavy atom. The van der Waals surface area contributed by atoms with Gasteiger partial charge in [-0.3, -0.25) is 4.79 Å². The van der Waals surface area contributed by atoms with Gasteiger partial charge < -0.3 is 4.74 Å². The van der Waals surface area contributed by atoms with E-state index >= 15 is 0 Å². The van der Waals surface area contributed by atoms with Crippen molar-refractivity contribution in [1.29, 1.82) is 0 Å². The molecule has 0 fully saturated rings. The zero-order valence-corrected chi connectivity index (χ0v) is 10.7. The molecule has 7 heteroatoms. The highest BCUT2D eigenvalue weighted by atomic mass is 79.9. The SMILES string of the molecule is O=C(CCBr)c1ccc(OC(F)(F)F)c(Cl)c1. The van der Waals surface area contributed by atoms with Crippen LogP contribution in [-0.4, -0.2) is 17.5 Å². The van der Waals surface area contributed by atoms with Crippen LogP contribution in [0.15, 0.2) is 18.2 Å². The summed E-state index contributed by atoms with van der Waals surface area (Å²) in [4.78, 5) is 11.4. The molecule has 0 aliphatic carbocycles. The van der Waals surface area contributed by atoms with E-state index in [0.717, 1.165) is 12.1 Å². The molecule has 0 saturated heterocycles. The molecule has 1 aromatic carbocycles. The third-order valence-corrected chi connectivity index (χ3v) is 2.49. The average Bonchev–Trinajstić information content (AvgIpc) is 2.19. The number of halogens is 5. The van der Waals surface area contributed by atoms with Crippen molar-refractivity contribution in [2.75, 3.05) is 5.33 Å². The van der Waals surface area contributed by atoms with Crippen LogP contribution >= 0.6 is 27.5 Å². The topological polar surface area (TPSA) is 26.3 Å². The van der Waals surface area contributed by atoms with Crippen LogP contribution in [-0.2, 0) is 0 Å². The lowest BCUT2D eigenvalue weighted by molar-refractivity contribution is -0.274. The third-order valence-electron chi connectivity index (χ3n) is 1.80. The summed E-state index contributed by atoms with van der Waals surface area (Å²) in [6.07, 6.45) is -4.55. The van der Waals surface area contributed by atoms with Crippen molar-refractivity contribution >= 4 is 33.3 Å². The van der Waals surface area contributed by atoms with Crippen molar-refractivity contribution in [3.8, 4) is 5.75 Å². The standard InChI is InChI=1S/C10H7BrClF3O2/c11-4-3-8(16)6-1-2-9(7(12)5-6)17-10(13,14)15/h1-2,5H,3-4H2. The number of ketones is 1. The van der Waals surface area contributed by atoms with Gasteiger partial charge in [-0.25, -0.2) is 0 Å². The normalized spacial score (nSPS) is 11.4. The summed E-state index contributed by atoms with van der Waals surface area (Å²) < 4.78 is 39.5. The second-order valence-electron chi connectivity index (χ2n) is 3.06. The van der Waals surface area contributed by atoms with E-state index in [2.05, 4.69) is 20.7 Å². The molecule has 0 saturated carbocycles. The molecule has 17 heavy (non-hydrogen) atoms. The lowest BCUT2D eigenvalue weighted by Crippen LogP contribution is -2.17. The minimum Gasteiger partial charge on any atom is -0.404 e. The van der Waals surface area contributed by atoms with Gasteiger partial charge in [0.15, 0.2) is 5.78 Å². The average molecular weight is 332 g/mol. The van der Waals surface area contributed by atoms with E-state index in [1.165, 1.54) is 6.07 Å². The molecule has 0 heterocycles. The fraction of sp³-hybridized carbons (Fsp3) is 0.300. The van der Waals surface area contributed by atoms with E-state index < -0.39 is 12.1 Å². The molecule has 0 atom stereocenters. The van der Waals surface area contributed by atoms with E-state index in [0.29, 0.717) is 5.33 Å². The highest BCUT2D eigenvalue weighted by Crippen LogP contribution is 2.30. The molecular formula is C10H7BrClF3O2. The number of hydrogen-bond donors (Lipinski definition) is 0. The smallest absolute Gasteiger partial charge is 0.404 e. The molecular weight excluding hydrogens is 324 g/mol. The van der Waals surface area contributed by atoms with Gasteiger partial charge in [-0.05, 0) is 18.2 Å². The summed E-state index contributed by atoms with van der Waals surface area (Å²) in [5, 5.41) is 0.229. The van der Waals surface area contributed by atoms with Crippen LogP contribution in [0.3, 0.4) is 0 Å². The van der Waals surface area contributed by atoms with Crippen molar-refractivity contribution in [3.05, 3.63) is 28.8 Å². The number of carbonyl (C=O) groups is 1. The van der Waals surface area contributed by atoms with Crippen molar-refractivity contribution in [2.45, 2.75) is 12.8 Å². The molecule has 0 aliphatic rings. The highest BCUT2D eigenvalue weighted by molar-refractivity contribution is 9.09. The summed E-state index contributed by atoms with van der Waals surface area (Å²) in [5.41, 5.74) is 0.254. The molecule has 0 aliphatic heterocycles. The summed E-state index contributed by atoms with van der Waals surface area (Å²) in [6.45, 7) is 0. The Bertz CT molecular complexity index is 421. The van der Waals surface area contributed by atoms with Crippen LogP contribution in [0.5, 0.6) is 5.75 Å². The van der Waals surface area contributed by atoms with Gasteiger partial charge in [0.2, 0.25) is 0 Å². The first-order valence-electron chi connectivity index (χ1n) is 4.48. The molecule has 0 unspecified atom stereocenters. The van der Waals surface area contributed by atoms with E-state index in [1.807, 2.05) is 0 Å². The van der Waals surface area contributed by atoms with Crippen LogP contribution in [0.4, 0.5) is 13.2 Å². The second-order valence-corrected chi connectivity index (χ2v) is 4.26. The van der Waals surface area contributed by atoms with Gasteiger partial charge in [0.1, 0.15) is 5.75 Å². The number of ether oxygens (including phenoxy) is 1. The van der Waals surface area contributed by atoms with Gasteiger partial charge in [-0.1, -0.05) is 27.5 Å². The van der Waals surface area contributed by atoms with Gasteiger partial charge in [-0.2, -0.15) is 0 Å². The molecule has 2 nitrogen and oxygen atoms in total. The summed E-state index contributed by atoms with van der Waals surface area (Å²) in [7, 11) is 0. The van der Waals surface area contributed by atoms with E-state index in [4.69, 9.17) is 11.6 Å². The maximum absolute atomic E-state index is 11.9. The number of hydrogen-bond acceptors (Lipinski definition) is 2. The number of Topliss-reactive ketones (excluding diaryl/α,β-unsaturated/α-hetero) is 1. The number of rotatable bonds is 4. The number of alkyl halides is 4. The minimum atomic E-state index is -4.80. The van der Waals surface area contributed by atoms with Crippen LogP contribution in [0.25, 0.3) is 0 Å². The molecule has 0 amide bonds. The zero-order valence-electron chi connectivity index (χ0n) is 8.35. The second kappa shape index (κ2) is 5.73. The summed E-state index contributed by atoms with van der Waals surface area (Å²) >= 11 is 8.68. The Hall–Kier alpha value is -0.750. The Morgan fingerprint density at radius 2 is 2.06 bits per heavy atom. The Morgan fingerprint density at radius 3 is 2.53 bits per heavy atom. The molecule has 1 aromatic rings. The summed E-state index contributed by atoms with van der Waals surface area (Å²) in [6, 6.07) is 3.43. The van der Waals surface area contributed by atoms with Crippen LogP contribution < -0.4 is 4.74 Å². The number of benzene rings is 1. The maximum Gasteiger partial charge on any atom is 0.573 e. The van der Waals surface area contributed by atoms with Crippen molar-refractivity contribution in [3.63, 3.8) is 0 Å². The third kappa shape index (κ3) is 4.55. The quantitative estimate of drug-likeness (QED) is 0.610. The van der Waals surface area contributed by atoms with E-state index in [9.17, 15) is 18.0 Å². The molecule has 0 spiro atoms. The first-order valence-corrected chi connectivity index (χ1v) is 5.98. The minimum absolute atomic E-state index is 0.206. The largest absolute Gasteiger partial charge is 0.573 e. The molecule has 0 bridgehead atoms. The monoisotopic (exact) mass is 330 g/mol. The van der Waals surface area contributed by atoms with Crippen LogP contribution in [0.1, 0.15) is 16.8 Å². The van der Waals surface area contributed by atoms with Crippen molar-refractivity contribution < 1.29 is 22.7 Å². The van der Waals surface area contributed by atoms with Crippen LogP contribution in [0.2, 0.25) is 5.02 Å². The van der Waals surface area contributed by atoms with Gasteiger partial charge in [0.25, 0.3) is 0 Å². The lowest BCUT2D eigenvalue weighted by atomic mass is 10.1.